The molecule has 1 aromatic carbocycles. The summed E-state index contributed by atoms with van der Waals surface area (Å²) in [6.07, 6.45) is 1.67. The lowest BCUT2D eigenvalue weighted by Gasteiger charge is -2.08. The lowest BCUT2D eigenvalue weighted by molar-refractivity contribution is -0.118. The van der Waals surface area contributed by atoms with Gasteiger partial charge in [0.2, 0.25) is 5.91 Å². The molecular weight excluding hydrogens is 284 g/mol. The van der Waals surface area contributed by atoms with Crippen LogP contribution in [0, 0.1) is 12.8 Å². The van der Waals surface area contributed by atoms with Crippen molar-refractivity contribution in [3.8, 4) is 5.69 Å². The lowest BCUT2D eigenvalue weighted by Crippen LogP contribution is -2.28. The van der Waals surface area contributed by atoms with Gasteiger partial charge in [-0.2, -0.15) is 0 Å². The summed E-state index contributed by atoms with van der Waals surface area (Å²) in [7, 11) is 0. The highest BCUT2D eigenvalue weighted by molar-refractivity contribution is 7.99. The molecule has 1 amide bonds. The van der Waals surface area contributed by atoms with E-state index in [9.17, 15) is 4.79 Å². The summed E-state index contributed by atoms with van der Waals surface area (Å²) >= 11 is 1.39. The molecule has 1 aromatic heterocycles. The molecule has 6 heteroatoms. The first-order valence-electron chi connectivity index (χ1n) is 6.93. The minimum absolute atomic E-state index is 0.0205. The van der Waals surface area contributed by atoms with E-state index in [2.05, 4.69) is 29.4 Å². The van der Waals surface area contributed by atoms with E-state index in [4.69, 9.17) is 0 Å². The van der Waals surface area contributed by atoms with Crippen LogP contribution in [-0.2, 0) is 4.79 Å². The van der Waals surface area contributed by atoms with Gasteiger partial charge in [-0.25, -0.2) is 0 Å². The van der Waals surface area contributed by atoms with Crippen molar-refractivity contribution < 1.29 is 4.79 Å². The van der Waals surface area contributed by atoms with Crippen molar-refractivity contribution in [1.82, 2.24) is 20.1 Å². The number of amides is 1. The summed E-state index contributed by atoms with van der Waals surface area (Å²) in [6.45, 7) is 6.89. The molecule has 2 rings (SSSR count). The van der Waals surface area contributed by atoms with Gasteiger partial charge in [-0.05, 0) is 25.0 Å². The van der Waals surface area contributed by atoms with Crippen LogP contribution < -0.4 is 5.32 Å². The highest BCUT2D eigenvalue weighted by Gasteiger charge is 2.10. The average molecular weight is 304 g/mol. The fourth-order valence-electron chi connectivity index (χ4n) is 1.70. The number of thioether (sulfide) groups is 1. The minimum Gasteiger partial charge on any atom is -0.355 e. The molecule has 1 N–H and O–H groups in total. The number of benzene rings is 1. The molecule has 0 spiro atoms. The maximum atomic E-state index is 11.7. The van der Waals surface area contributed by atoms with Crippen LogP contribution in [0.4, 0.5) is 0 Å². The van der Waals surface area contributed by atoms with Gasteiger partial charge in [0.15, 0.2) is 5.16 Å². The van der Waals surface area contributed by atoms with Crippen molar-refractivity contribution in [2.45, 2.75) is 25.9 Å². The van der Waals surface area contributed by atoms with Crippen LogP contribution in [0.15, 0.2) is 35.7 Å². The standard InChI is InChI=1S/C15H20N4OS/c1-11(2)8-16-14(20)9-21-15-18-17-10-19(15)13-6-4-12(3)5-7-13/h4-7,10-11H,8-9H2,1-3H3,(H,16,20). The number of carbonyl (C=O) groups is 1. The number of carbonyl (C=O) groups excluding carboxylic acids is 1. The van der Waals surface area contributed by atoms with Gasteiger partial charge in [0, 0.05) is 12.2 Å². The van der Waals surface area contributed by atoms with Crippen LogP contribution in [0.2, 0.25) is 0 Å². The molecule has 0 saturated carbocycles. The molecule has 0 aliphatic carbocycles. The molecule has 5 nitrogen and oxygen atoms in total. The normalized spacial score (nSPS) is 10.9. The third-order valence-corrected chi connectivity index (χ3v) is 3.81. The number of hydrogen-bond donors (Lipinski definition) is 1. The van der Waals surface area contributed by atoms with Crippen LogP contribution in [0.5, 0.6) is 0 Å². The molecule has 0 aliphatic rings. The van der Waals surface area contributed by atoms with E-state index in [0.29, 0.717) is 18.2 Å². The predicted octanol–water partition coefficient (Wildman–Crippen LogP) is 2.44. The fraction of sp³-hybridized carbons (Fsp3) is 0.400. The molecule has 0 saturated heterocycles. The predicted molar refractivity (Wildman–Crippen MR) is 84.7 cm³/mol. The Morgan fingerprint density at radius 3 is 2.71 bits per heavy atom. The third-order valence-electron chi connectivity index (χ3n) is 2.87. The molecule has 0 bridgehead atoms. The highest BCUT2D eigenvalue weighted by atomic mass is 32.2. The zero-order chi connectivity index (χ0) is 15.2. The largest absolute Gasteiger partial charge is 0.355 e. The summed E-state index contributed by atoms with van der Waals surface area (Å²) in [5, 5.41) is 11.6. The maximum Gasteiger partial charge on any atom is 0.230 e. The fourth-order valence-corrected chi connectivity index (χ4v) is 2.46. The minimum atomic E-state index is 0.0205. The molecule has 2 aromatic rings. The first-order valence-corrected chi connectivity index (χ1v) is 7.91. The number of nitrogens with zero attached hydrogens (tertiary/aromatic N) is 3. The summed E-state index contributed by atoms with van der Waals surface area (Å²) in [4.78, 5) is 11.7. The Hall–Kier alpha value is -1.82. The summed E-state index contributed by atoms with van der Waals surface area (Å²) < 4.78 is 1.89. The molecular formula is C15H20N4OS. The van der Waals surface area contributed by atoms with Crippen LogP contribution in [-0.4, -0.2) is 33.0 Å². The van der Waals surface area contributed by atoms with E-state index in [1.54, 1.807) is 6.33 Å². The maximum absolute atomic E-state index is 11.7. The van der Waals surface area contributed by atoms with Gasteiger partial charge in [-0.3, -0.25) is 9.36 Å². The number of aryl methyl sites for hydroxylation is 1. The van der Waals surface area contributed by atoms with E-state index in [-0.39, 0.29) is 5.91 Å². The zero-order valence-electron chi connectivity index (χ0n) is 12.5. The van der Waals surface area contributed by atoms with Crippen molar-refractivity contribution >= 4 is 17.7 Å². The number of hydrogen-bond acceptors (Lipinski definition) is 4. The highest BCUT2D eigenvalue weighted by Crippen LogP contribution is 2.19. The van der Waals surface area contributed by atoms with Crippen molar-refractivity contribution in [3.05, 3.63) is 36.2 Å². The molecule has 1 heterocycles. The van der Waals surface area contributed by atoms with Gasteiger partial charge >= 0.3 is 0 Å². The Morgan fingerprint density at radius 2 is 2.05 bits per heavy atom. The molecule has 0 radical (unpaired) electrons. The van der Waals surface area contributed by atoms with E-state index in [1.807, 2.05) is 35.8 Å². The number of rotatable bonds is 6. The average Bonchev–Trinajstić information content (AvgIpc) is 2.92. The first-order chi connectivity index (χ1) is 10.1. The van der Waals surface area contributed by atoms with E-state index >= 15 is 0 Å². The van der Waals surface area contributed by atoms with Gasteiger partial charge in [0.1, 0.15) is 6.33 Å². The van der Waals surface area contributed by atoms with Gasteiger partial charge in [0.25, 0.3) is 0 Å². The summed E-state index contributed by atoms with van der Waals surface area (Å²) in [5.74, 6) is 0.819. The quantitative estimate of drug-likeness (QED) is 0.833. The second kappa shape index (κ2) is 7.26. The third kappa shape index (κ3) is 4.60. The van der Waals surface area contributed by atoms with Gasteiger partial charge < -0.3 is 5.32 Å². The van der Waals surface area contributed by atoms with Crippen molar-refractivity contribution in [2.24, 2.45) is 5.92 Å². The zero-order valence-corrected chi connectivity index (χ0v) is 13.4. The Bertz CT molecular complexity index is 592. The van der Waals surface area contributed by atoms with Crippen LogP contribution in [0.1, 0.15) is 19.4 Å². The Labute approximate surface area is 129 Å². The monoisotopic (exact) mass is 304 g/mol. The van der Waals surface area contributed by atoms with Gasteiger partial charge in [-0.15, -0.1) is 10.2 Å². The lowest BCUT2D eigenvalue weighted by atomic mass is 10.2. The molecule has 112 valence electrons. The smallest absolute Gasteiger partial charge is 0.230 e. The van der Waals surface area contributed by atoms with Gasteiger partial charge in [-0.1, -0.05) is 43.3 Å². The Morgan fingerprint density at radius 1 is 1.33 bits per heavy atom. The van der Waals surface area contributed by atoms with Crippen LogP contribution in [0.3, 0.4) is 0 Å². The SMILES string of the molecule is Cc1ccc(-n2cnnc2SCC(=O)NCC(C)C)cc1. The van der Waals surface area contributed by atoms with E-state index in [1.165, 1.54) is 17.3 Å². The summed E-state index contributed by atoms with van der Waals surface area (Å²) in [5.41, 5.74) is 2.20. The topological polar surface area (TPSA) is 59.8 Å². The van der Waals surface area contributed by atoms with Crippen LogP contribution >= 0.6 is 11.8 Å². The Balaban J connectivity index is 1.97. The first kappa shape index (κ1) is 15.6. The molecule has 0 atom stereocenters. The Kier molecular flexibility index (Phi) is 5.38. The summed E-state index contributed by atoms with van der Waals surface area (Å²) in [6, 6.07) is 8.11. The molecule has 0 fully saturated rings. The van der Waals surface area contributed by atoms with Gasteiger partial charge in [0.05, 0.1) is 5.75 Å². The van der Waals surface area contributed by atoms with Crippen LogP contribution in [0.25, 0.3) is 5.69 Å². The number of aromatic nitrogens is 3. The molecule has 21 heavy (non-hydrogen) atoms. The molecule has 0 aliphatic heterocycles. The second-order valence-corrected chi connectivity index (χ2v) is 6.25. The van der Waals surface area contributed by atoms with Crippen molar-refractivity contribution in [3.63, 3.8) is 0 Å². The molecule has 0 unspecified atom stereocenters. The second-order valence-electron chi connectivity index (χ2n) is 5.31. The van der Waals surface area contributed by atoms with Crippen molar-refractivity contribution in [2.75, 3.05) is 12.3 Å². The van der Waals surface area contributed by atoms with E-state index < -0.39 is 0 Å². The van der Waals surface area contributed by atoms with Crippen molar-refractivity contribution in [1.29, 1.82) is 0 Å². The van der Waals surface area contributed by atoms with E-state index in [0.717, 1.165) is 10.8 Å². The number of nitrogens with one attached hydrogen (secondary N) is 1.